The predicted molar refractivity (Wildman–Crippen MR) is 52.3 cm³/mol. The highest BCUT2D eigenvalue weighted by Gasteiger charge is 2.63. The highest BCUT2D eigenvalue weighted by atomic mass is 19.4. The molecule has 1 saturated carbocycles. The van der Waals surface area contributed by atoms with E-state index in [0.29, 0.717) is 0 Å². The minimum Gasteiger partial charge on any atom is -0.384 e. The fourth-order valence-corrected chi connectivity index (χ4v) is 0.937. The molecule has 0 aromatic heterocycles. The lowest BCUT2D eigenvalue weighted by Gasteiger charge is -2.17. The highest BCUT2D eigenvalue weighted by Crippen LogP contribution is 2.57. The highest BCUT2D eigenvalue weighted by molar-refractivity contribution is 4.98. The third kappa shape index (κ3) is 4.31. The molecule has 1 nitrogen and oxygen atoms in total. The van der Waals surface area contributed by atoms with Crippen LogP contribution in [0.25, 0.3) is 0 Å². The molecule has 0 aromatic rings. The molecule has 0 aliphatic heterocycles. The smallest absolute Gasteiger partial charge is 0.384 e. The maximum absolute atomic E-state index is 12.0. The van der Waals surface area contributed by atoms with Gasteiger partial charge in [-0.05, 0) is 12.8 Å². The maximum Gasteiger partial charge on any atom is 0.396 e. The summed E-state index contributed by atoms with van der Waals surface area (Å²) in [4.78, 5) is 0. The van der Waals surface area contributed by atoms with Crippen LogP contribution in [0, 0.1) is 5.41 Å². The maximum atomic E-state index is 12.0. The molecule has 0 amide bonds. The van der Waals surface area contributed by atoms with Crippen LogP contribution in [0.4, 0.5) is 13.2 Å². The summed E-state index contributed by atoms with van der Waals surface area (Å²) in [6.07, 6.45) is -3.61. The van der Waals surface area contributed by atoms with Gasteiger partial charge in [0.05, 0.1) is 12.0 Å². The first kappa shape index (κ1) is 16.2. The van der Waals surface area contributed by atoms with Crippen LogP contribution >= 0.6 is 0 Å². The third-order valence-electron chi connectivity index (χ3n) is 1.88. The molecule has 4 heteroatoms. The van der Waals surface area contributed by atoms with Crippen molar-refractivity contribution in [2.45, 2.75) is 46.7 Å². The zero-order chi connectivity index (χ0) is 11.8. The predicted octanol–water partition coefficient (Wildman–Crippen LogP) is 4.03. The van der Waals surface area contributed by atoms with E-state index in [4.69, 9.17) is 0 Å². The van der Waals surface area contributed by atoms with Crippen LogP contribution in [-0.2, 0) is 4.74 Å². The Balaban J connectivity index is 0. The molecule has 1 aliphatic rings. The molecule has 0 heterocycles. The zero-order valence-corrected chi connectivity index (χ0v) is 9.66. The van der Waals surface area contributed by atoms with Crippen molar-refractivity contribution in [1.82, 2.24) is 0 Å². The van der Waals surface area contributed by atoms with Crippen LogP contribution in [0.1, 0.15) is 40.5 Å². The minimum atomic E-state index is -4.07. The summed E-state index contributed by atoms with van der Waals surface area (Å²) in [5, 5.41) is 0. The molecule has 0 unspecified atom stereocenters. The van der Waals surface area contributed by atoms with Crippen molar-refractivity contribution in [2.24, 2.45) is 5.41 Å². The van der Waals surface area contributed by atoms with Gasteiger partial charge in [-0.3, -0.25) is 0 Å². The van der Waals surface area contributed by atoms with Crippen LogP contribution in [0.5, 0.6) is 0 Å². The van der Waals surface area contributed by atoms with Gasteiger partial charge >= 0.3 is 6.18 Å². The molecule has 0 aromatic carbocycles. The van der Waals surface area contributed by atoms with Crippen molar-refractivity contribution in [2.75, 3.05) is 13.7 Å². The first-order chi connectivity index (χ1) is 6.52. The van der Waals surface area contributed by atoms with E-state index in [1.165, 1.54) is 7.11 Å². The Morgan fingerprint density at radius 3 is 1.50 bits per heavy atom. The Labute approximate surface area is 84.6 Å². The van der Waals surface area contributed by atoms with E-state index in [-0.39, 0.29) is 19.4 Å². The molecular formula is C10H21F3O. The first-order valence-corrected chi connectivity index (χ1v) is 5.07. The van der Waals surface area contributed by atoms with Crippen LogP contribution in [-0.4, -0.2) is 19.9 Å². The van der Waals surface area contributed by atoms with Crippen molar-refractivity contribution >= 4 is 0 Å². The summed E-state index contributed by atoms with van der Waals surface area (Å²) < 4.78 is 40.5. The summed E-state index contributed by atoms with van der Waals surface area (Å²) in [7, 11) is 1.30. The Hall–Kier alpha value is -0.250. The van der Waals surface area contributed by atoms with Crippen LogP contribution < -0.4 is 0 Å². The average molecular weight is 214 g/mol. The Bertz CT molecular complexity index is 128. The summed E-state index contributed by atoms with van der Waals surface area (Å²) >= 11 is 0. The van der Waals surface area contributed by atoms with E-state index in [1.807, 2.05) is 27.7 Å². The van der Waals surface area contributed by atoms with Gasteiger partial charge in [0.15, 0.2) is 0 Å². The molecule has 88 valence electrons. The van der Waals surface area contributed by atoms with Crippen molar-refractivity contribution in [3.05, 3.63) is 0 Å². The van der Waals surface area contributed by atoms with E-state index in [0.717, 1.165) is 0 Å². The molecule has 0 atom stereocenters. The summed E-state index contributed by atoms with van der Waals surface area (Å²) in [6.45, 7) is 7.82. The van der Waals surface area contributed by atoms with Gasteiger partial charge in [0, 0.05) is 7.11 Å². The number of rotatable bonds is 2. The number of ether oxygens (including phenoxy) is 1. The third-order valence-corrected chi connectivity index (χ3v) is 1.88. The van der Waals surface area contributed by atoms with Gasteiger partial charge in [0.1, 0.15) is 0 Å². The number of hydrogen-bond acceptors (Lipinski definition) is 1. The average Bonchev–Trinajstić information content (AvgIpc) is 2.92. The van der Waals surface area contributed by atoms with Gasteiger partial charge < -0.3 is 4.74 Å². The lowest BCUT2D eigenvalue weighted by Crippen LogP contribution is -2.28. The lowest BCUT2D eigenvalue weighted by molar-refractivity contribution is -0.199. The van der Waals surface area contributed by atoms with E-state index in [2.05, 4.69) is 4.74 Å². The van der Waals surface area contributed by atoms with Gasteiger partial charge in [-0.15, -0.1) is 0 Å². The molecule has 1 aliphatic carbocycles. The molecule has 14 heavy (non-hydrogen) atoms. The monoisotopic (exact) mass is 214 g/mol. The Kier molecular flexibility index (Phi) is 8.21. The van der Waals surface area contributed by atoms with Crippen molar-refractivity contribution < 1.29 is 17.9 Å². The Morgan fingerprint density at radius 2 is 1.43 bits per heavy atom. The molecule has 1 rings (SSSR count). The van der Waals surface area contributed by atoms with E-state index < -0.39 is 11.6 Å². The summed E-state index contributed by atoms with van der Waals surface area (Å²) in [5.41, 5.74) is -1.48. The van der Waals surface area contributed by atoms with Gasteiger partial charge in [-0.2, -0.15) is 13.2 Å². The minimum absolute atomic E-state index is 0.184. The second-order valence-electron chi connectivity index (χ2n) is 2.71. The normalized spacial score (nSPS) is 17.1. The van der Waals surface area contributed by atoms with Gasteiger partial charge in [-0.1, -0.05) is 27.7 Å². The van der Waals surface area contributed by atoms with Crippen LogP contribution in [0.15, 0.2) is 0 Å². The van der Waals surface area contributed by atoms with Crippen molar-refractivity contribution in [1.29, 1.82) is 0 Å². The van der Waals surface area contributed by atoms with Gasteiger partial charge in [0.25, 0.3) is 0 Å². The molecule has 0 radical (unpaired) electrons. The Morgan fingerprint density at radius 1 is 1.07 bits per heavy atom. The van der Waals surface area contributed by atoms with Crippen molar-refractivity contribution in [3.8, 4) is 0 Å². The quantitative estimate of drug-likeness (QED) is 0.674. The van der Waals surface area contributed by atoms with Crippen molar-refractivity contribution in [3.63, 3.8) is 0 Å². The largest absolute Gasteiger partial charge is 0.396 e. The number of alkyl halides is 3. The zero-order valence-electron chi connectivity index (χ0n) is 9.66. The fraction of sp³-hybridized carbons (Fsp3) is 1.00. The SMILES string of the molecule is CC.CC.COCC1(C(F)(F)F)CC1. The van der Waals surface area contributed by atoms with Gasteiger partial charge in [-0.25, -0.2) is 0 Å². The standard InChI is InChI=1S/C6H9F3O.2C2H6/c1-10-4-5(2-3-5)6(7,8)9;2*1-2/h2-4H2,1H3;2*1-2H3. The fourth-order valence-electron chi connectivity index (χ4n) is 0.937. The number of methoxy groups -OCH3 is 1. The number of hydrogen-bond donors (Lipinski definition) is 0. The number of halogens is 3. The molecule has 0 N–H and O–H groups in total. The lowest BCUT2D eigenvalue weighted by atomic mass is 10.1. The van der Waals surface area contributed by atoms with E-state index in [1.54, 1.807) is 0 Å². The topological polar surface area (TPSA) is 9.23 Å². The molecule has 0 bridgehead atoms. The first-order valence-electron chi connectivity index (χ1n) is 5.07. The van der Waals surface area contributed by atoms with Crippen LogP contribution in [0.3, 0.4) is 0 Å². The van der Waals surface area contributed by atoms with Crippen LogP contribution in [0.2, 0.25) is 0 Å². The summed E-state index contributed by atoms with van der Waals surface area (Å²) in [5.74, 6) is 0. The van der Waals surface area contributed by atoms with E-state index in [9.17, 15) is 13.2 Å². The molecule has 1 fully saturated rings. The van der Waals surface area contributed by atoms with E-state index >= 15 is 0 Å². The second kappa shape index (κ2) is 7.10. The molecule has 0 spiro atoms. The van der Waals surface area contributed by atoms with Gasteiger partial charge in [0.2, 0.25) is 0 Å². The molecule has 0 saturated heterocycles. The summed E-state index contributed by atoms with van der Waals surface area (Å²) in [6, 6.07) is 0. The molecular weight excluding hydrogens is 193 g/mol. The second-order valence-corrected chi connectivity index (χ2v) is 2.71.